The molecule has 3 aromatic heterocycles. The molecule has 1 fully saturated rings. The van der Waals surface area contributed by atoms with E-state index in [9.17, 15) is 22.8 Å². The third-order valence-corrected chi connectivity index (χ3v) is 8.20. The molecule has 0 radical (unpaired) electrons. The van der Waals surface area contributed by atoms with Gasteiger partial charge in [0.25, 0.3) is 5.91 Å². The summed E-state index contributed by atoms with van der Waals surface area (Å²) < 4.78 is 46.3. The number of nitrogens with one attached hydrogen (secondary N) is 1. The molecule has 206 valence electrons. The van der Waals surface area contributed by atoms with Crippen LogP contribution in [0.1, 0.15) is 41.6 Å². The van der Waals surface area contributed by atoms with Crippen LogP contribution in [0.3, 0.4) is 0 Å². The summed E-state index contributed by atoms with van der Waals surface area (Å²) in [5.74, 6) is -0.335. The molecule has 1 N–H and O–H groups in total. The molecule has 0 bridgehead atoms. The second-order valence-corrected chi connectivity index (χ2v) is 10.6. The van der Waals surface area contributed by atoms with Crippen molar-refractivity contribution in [1.29, 1.82) is 0 Å². The fourth-order valence-corrected chi connectivity index (χ4v) is 6.29. The summed E-state index contributed by atoms with van der Waals surface area (Å²) in [6, 6.07) is 7.73. The molecule has 3 aliphatic rings. The average molecular weight is 549 g/mol. The number of piperidine rings is 1. The quantitative estimate of drug-likeness (QED) is 0.392. The van der Waals surface area contributed by atoms with Gasteiger partial charge in [-0.1, -0.05) is 6.07 Å². The van der Waals surface area contributed by atoms with Gasteiger partial charge in [0, 0.05) is 68.2 Å². The monoisotopic (exact) mass is 548 g/mol. The van der Waals surface area contributed by atoms with E-state index >= 15 is 0 Å². The Balaban J connectivity index is 1.39. The number of nitrogens with zero attached hydrogens (tertiary/aromatic N) is 5. The summed E-state index contributed by atoms with van der Waals surface area (Å²) in [5, 5.41) is 3.22. The standard InChI is InChI=1S/C29H27F3N6O2/c30-29(31,32)19-12-18-16-37(28(40)35-7-3-1-4-8-35)11-10-36-17-22(20(13-19)26(18)36)25-21(14-34-27(25)39)23-15-33-24-6-2-5-9-38(23)24/h2,5-6,9,12-13,15,17H,1,3-4,7-8,10-11,14,16H2,(H,34,39). The number of benzene rings is 1. The molecule has 40 heavy (non-hydrogen) atoms. The molecule has 0 saturated carbocycles. The van der Waals surface area contributed by atoms with Gasteiger partial charge in [-0.3, -0.25) is 9.20 Å². The van der Waals surface area contributed by atoms with Crippen LogP contribution in [0.5, 0.6) is 0 Å². The van der Waals surface area contributed by atoms with Gasteiger partial charge in [-0.2, -0.15) is 13.2 Å². The molecule has 0 aliphatic carbocycles. The molecule has 7 rings (SSSR count). The molecule has 8 nitrogen and oxygen atoms in total. The van der Waals surface area contributed by atoms with Crippen molar-refractivity contribution in [2.75, 3.05) is 26.2 Å². The highest BCUT2D eigenvalue weighted by atomic mass is 19.4. The molecule has 0 unspecified atom stereocenters. The summed E-state index contributed by atoms with van der Waals surface area (Å²) in [6.07, 6.45) is 3.66. The molecule has 4 aromatic rings. The average Bonchev–Trinajstić information content (AvgIpc) is 3.61. The second-order valence-electron chi connectivity index (χ2n) is 10.6. The topological polar surface area (TPSA) is 74.9 Å². The Morgan fingerprint density at radius 2 is 1.82 bits per heavy atom. The molecule has 11 heteroatoms. The fraction of sp³-hybridized carbons (Fsp3) is 0.345. The van der Waals surface area contributed by atoms with E-state index in [4.69, 9.17) is 0 Å². The number of hydrogen-bond donors (Lipinski definition) is 1. The van der Waals surface area contributed by atoms with E-state index in [0.29, 0.717) is 70.7 Å². The number of imidazole rings is 1. The lowest BCUT2D eigenvalue weighted by atomic mass is 9.96. The Morgan fingerprint density at radius 3 is 2.62 bits per heavy atom. The summed E-state index contributed by atoms with van der Waals surface area (Å²) in [7, 11) is 0. The maximum absolute atomic E-state index is 14.2. The van der Waals surface area contributed by atoms with Crippen LogP contribution < -0.4 is 5.32 Å². The van der Waals surface area contributed by atoms with Crippen molar-refractivity contribution in [2.45, 2.75) is 38.5 Å². The number of likely N-dealkylation sites (tertiary alicyclic amines) is 1. The minimum atomic E-state index is -4.59. The minimum absolute atomic E-state index is 0.0740. The van der Waals surface area contributed by atoms with Crippen LogP contribution in [-0.2, 0) is 24.1 Å². The van der Waals surface area contributed by atoms with E-state index in [-0.39, 0.29) is 25.0 Å². The molecule has 0 atom stereocenters. The van der Waals surface area contributed by atoms with Gasteiger partial charge >= 0.3 is 12.2 Å². The number of alkyl halides is 3. The largest absolute Gasteiger partial charge is 0.416 e. The van der Waals surface area contributed by atoms with Crippen LogP contribution in [0.2, 0.25) is 0 Å². The van der Waals surface area contributed by atoms with Crippen LogP contribution in [0.25, 0.3) is 27.7 Å². The van der Waals surface area contributed by atoms with Crippen molar-refractivity contribution in [3.05, 3.63) is 71.3 Å². The molecular weight excluding hydrogens is 521 g/mol. The van der Waals surface area contributed by atoms with Gasteiger partial charge < -0.3 is 19.7 Å². The van der Waals surface area contributed by atoms with E-state index in [2.05, 4.69) is 10.3 Å². The number of carbonyl (C=O) groups excluding carboxylic acids is 2. The first-order valence-corrected chi connectivity index (χ1v) is 13.5. The van der Waals surface area contributed by atoms with Crippen LogP contribution >= 0.6 is 0 Å². The smallest absolute Gasteiger partial charge is 0.348 e. The number of amides is 3. The SMILES string of the molecule is O=C1NCC(c2cnc3ccccn23)=C1c1cn2c3c(cc(C(F)(F)F)cc13)CN(C(=O)N1CCCCC1)CC2. The van der Waals surface area contributed by atoms with Gasteiger partial charge in [-0.25, -0.2) is 9.78 Å². The highest BCUT2D eigenvalue weighted by Gasteiger charge is 2.36. The number of hydrogen-bond acceptors (Lipinski definition) is 3. The van der Waals surface area contributed by atoms with E-state index in [1.54, 1.807) is 22.2 Å². The van der Waals surface area contributed by atoms with Crippen LogP contribution in [0, 0.1) is 0 Å². The van der Waals surface area contributed by atoms with Gasteiger partial charge in [-0.15, -0.1) is 0 Å². The molecule has 3 aliphatic heterocycles. The second kappa shape index (κ2) is 9.14. The number of urea groups is 1. The summed E-state index contributed by atoms with van der Waals surface area (Å²) in [6.45, 7) is 2.42. The first-order valence-electron chi connectivity index (χ1n) is 13.5. The zero-order chi connectivity index (χ0) is 27.6. The van der Waals surface area contributed by atoms with E-state index in [0.717, 1.165) is 31.4 Å². The van der Waals surface area contributed by atoms with Crippen molar-refractivity contribution in [1.82, 2.24) is 29.1 Å². The number of rotatable bonds is 2. The predicted octanol–water partition coefficient (Wildman–Crippen LogP) is 4.77. The number of carbonyl (C=O) groups is 2. The number of fused-ring (bicyclic) bond motifs is 1. The van der Waals surface area contributed by atoms with Crippen molar-refractivity contribution in [2.24, 2.45) is 0 Å². The highest BCUT2D eigenvalue weighted by molar-refractivity contribution is 6.32. The third kappa shape index (κ3) is 3.94. The maximum Gasteiger partial charge on any atom is 0.416 e. The van der Waals surface area contributed by atoms with Crippen LogP contribution in [-0.4, -0.2) is 61.9 Å². The van der Waals surface area contributed by atoms with E-state index < -0.39 is 11.7 Å². The van der Waals surface area contributed by atoms with Crippen molar-refractivity contribution < 1.29 is 22.8 Å². The molecule has 1 saturated heterocycles. The van der Waals surface area contributed by atoms with E-state index in [1.807, 2.05) is 33.4 Å². The Bertz CT molecular complexity index is 1710. The molecular formula is C29H27F3N6O2. The van der Waals surface area contributed by atoms with Crippen LogP contribution in [0.15, 0.2) is 48.9 Å². The summed E-state index contributed by atoms with van der Waals surface area (Å²) in [4.78, 5) is 34.5. The van der Waals surface area contributed by atoms with Crippen molar-refractivity contribution in [3.8, 4) is 0 Å². The lowest BCUT2D eigenvalue weighted by Gasteiger charge is -2.32. The van der Waals surface area contributed by atoms with Gasteiger partial charge in [0.2, 0.25) is 0 Å². The van der Waals surface area contributed by atoms with Gasteiger partial charge in [0.05, 0.1) is 28.5 Å². The first-order chi connectivity index (χ1) is 19.3. The molecule has 1 aromatic carbocycles. The number of aromatic nitrogens is 3. The first kappa shape index (κ1) is 24.7. The van der Waals surface area contributed by atoms with E-state index in [1.165, 1.54) is 0 Å². The maximum atomic E-state index is 14.2. The predicted molar refractivity (Wildman–Crippen MR) is 143 cm³/mol. The minimum Gasteiger partial charge on any atom is -0.348 e. The van der Waals surface area contributed by atoms with Gasteiger partial charge in [0.1, 0.15) is 5.65 Å². The van der Waals surface area contributed by atoms with Crippen LogP contribution in [0.4, 0.5) is 18.0 Å². The lowest BCUT2D eigenvalue weighted by Crippen LogP contribution is -2.45. The zero-order valence-corrected chi connectivity index (χ0v) is 21.7. The van der Waals surface area contributed by atoms with Gasteiger partial charge in [-0.05, 0) is 49.1 Å². The fourth-order valence-electron chi connectivity index (χ4n) is 6.29. The zero-order valence-electron chi connectivity index (χ0n) is 21.7. The van der Waals surface area contributed by atoms with Crippen molar-refractivity contribution in [3.63, 3.8) is 0 Å². The van der Waals surface area contributed by atoms with Crippen molar-refractivity contribution >= 4 is 39.6 Å². The molecule has 0 spiro atoms. The Labute approximate surface area is 227 Å². The normalized spacial score (nSPS) is 18.1. The molecule has 3 amide bonds. The Hall–Kier alpha value is -4.28. The molecule has 6 heterocycles. The Kier molecular flexibility index (Phi) is 5.65. The number of halogens is 3. The van der Waals surface area contributed by atoms with Gasteiger partial charge in [0.15, 0.2) is 0 Å². The Morgan fingerprint density at radius 1 is 1.00 bits per heavy atom. The summed E-state index contributed by atoms with van der Waals surface area (Å²) in [5.41, 5.74) is 3.16. The lowest BCUT2D eigenvalue weighted by molar-refractivity contribution is -0.137. The highest BCUT2D eigenvalue weighted by Crippen LogP contribution is 2.41. The third-order valence-electron chi connectivity index (χ3n) is 8.20. The summed E-state index contributed by atoms with van der Waals surface area (Å²) >= 11 is 0. The number of pyridine rings is 1.